The molecule has 1 aromatic carbocycles. The summed E-state index contributed by atoms with van der Waals surface area (Å²) >= 11 is 3.28. The highest BCUT2D eigenvalue weighted by Crippen LogP contribution is 2.10. The van der Waals surface area contributed by atoms with Crippen LogP contribution in [0.3, 0.4) is 0 Å². The van der Waals surface area contributed by atoms with Crippen molar-refractivity contribution < 1.29 is 4.39 Å². The largest absolute Gasteiger partial charge is 0.351 e. The van der Waals surface area contributed by atoms with E-state index in [1.54, 1.807) is 24.5 Å². The molecule has 0 aliphatic rings. The molecule has 3 nitrogen and oxygen atoms in total. The second-order valence-corrected chi connectivity index (χ2v) is 5.02. The lowest BCUT2D eigenvalue weighted by Crippen LogP contribution is -2.19. The second-order valence-electron chi connectivity index (χ2n) is 4.10. The average Bonchev–Trinajstić information content (AvgIpc) is 2.32. The van der Waals surface area contributed by atoms with Crippen LogP contribution in [-0.4, -0.2) is 16.0 Å². The van der Waals surface area contributed by atoms with Gasteiger partial charge in [0.1, 0.15) is 5.82 Å². The predicted octanol–water partition coefficient (Wildman–Crippen LogP) is 3.42. The van der Waals surface area contributed by atoms with Crippen LogP contribution in [-0.2, 0) is 6.42 Å². The van der Waals surface area contributed by atoms with Crippen LogP contribution in [0.5, 0.6) is 0 Å². The maximum atomic E-state index is 13.0. The highest BCUT2D eigenvalue weighted by atomic mass is 79.9. The third-order valence-electron chi connectivity index (χ3n) is 2.43. The Bertz CT molecular complexity index is 516. The van der Waals surface area contributed by atoms with Gasteiger partial charge in [0.25, 0.3) is 0 Å². The molecule has 5 heteroatoms. The van der Waals surface area contributed by atoms with Crippen LogP contribution in [0.15, 0.2) is 41.1 Å². The molecule has 1 heterocycles. The third kappa shape index (κ3) is 3.77. The summed E-state index contributed by atoms with van der Waals surface area (Å²) in [7, 11) is 0. The minimum atomic E-state index is -0.209. The fourth-order valence-corrected chi connectivity index (χ4v) is 1.88. The summed E-state index contributed by atoms with van der Waals surface area (Å²) in [4.78, 5) is 8.27. The number of benzene rings is 1. The lowest BCUT2D eigenvalue weighted by Gasteiger charge is -2.13. The van der Waals surface area contributed by atoms with Crippen LogP contribution in [0.25, 0.3) is 0 Å². The molecule has 0 radical (unpaired) electrons. The first-order valence-corrected chi connectivity index (χ1v) is 6.41. The molecule has 0 aliphatic heterocycles. The maximum absolute atomic E-state index is 13.0. The number of rotatable bonds is 4. The molecule has 1 N–H and O–H groups in total. The van der Waals surface area contributed by atoms with E-state index in [0.29, 0.717) is 5.95 Å². The van der Waals surface area contributed by atoms with Crippen molar-refractivity contribution in [2.45, 2.75) is 19.4 Å². The van der Waals surface area contributed by atoms with Crippen LogP contribution in [0.4, 0.5) is 10.3 Å². The van der Waals surface area contributed by atoms with Crippen molar-refractivity contribution >= 4 is 21.9 Å². The van der Waals surface area contributed by atoms with Gasteiger partial charge in [-0.05, 0) is 47.0 Å². The Morgan fingerprint density at radius 1 is 1.33 bits per heavy atom. The molecule has 1 aromatic heterocycles. The van der Waals surface area contributed by atoms with Crippen LogP contribution in [0.1, 0.15) is 12.5 Å². The quantitative estimate of drug-likeness (QED) is 0.940. The van der Waals surface area contributed by atoms with Gasteiger partial charge in [0, 0.05) is 18.4 Å². The van der Waals surface area contributed by atoms with E-state index in [1.807, 2.05) is 13.0 Å². The van der Waals surface area contributed by atoms with E-state index in [2.05, 4.69) is 31.2 Å². The molecule has 94 valence electrons. The highest BCUT2D eigenvalue weighted by molar-refractivity contribution is 9.10. The standard InChI is InChI=1S/C13H13BrFN3/c1-9(5-10-3-2-4-12(15)6-10)18-13-16-7-11(14)8-17-13/h2-4,6-9H,5H2,1H3,(H,16,17,18). The topological polar surface area (TPSA) is 37.8 Å². The van der Waals surface area contributed by atoms with Crippen molar-refractivity contribution in [2.24, 2.45) is 0 Å². The van der Waals surface area contributed by atoms with Crippen molar-refractivity contribution in [1.29, 1.82) is 0 Å². The Hall–Kier alpha value is -1.49. The summed E-state index contributed by atoms with van der Waals surface area (Å²) in [5.74, 6) is 0.363. The molecule has 1 unspecified atom stereocenters. The summed E-state index contributed by atoms with van der Waals surface area (Å²) in [5, 5.41) is 3.17. The lowest BCUT2D eigenvalue weighted by molar-refractivity contribution is 0.624. The Morgan fingerprint density at radius 2 is 2.06 bits per heavy atom. The summed E-state index contributed by atoms with van der Waals surface area (Å²) < 4.78 is 13.9. The van der Waals surface area contributed by atoms with Crippen LogP contribution >= 0.6 is 15.9 Å². The molecule has 18 heavy (non-hydrogen) atoms. The van der Waals surface area contributed by atoms with E-state index in [-0.39, 0.29) is 11.9 Å². The Kier molecular flexibility index (Phi) is 4.25. The van der Waals surface area contributed by atoms with E-state index < -0.39 is 0 Å². The van der Waals surface area contributed by atoms with Gasteiger partial charge in [-0.15, -0.1) is 0 Å². The van der Waals surface area contributed by atoms with Gasteiger partial charge in [0.2, 0.25) is 5.95 Å². The van der Waals surface area contributed by atoms with Gasteiger partial charge in [-0.25, -0.2) is 14.4 Å². The number of halogens is 2. The molecule has 0 saturated heterocycles. The molecule has 0 fully saturated rings. The lowest BCUT2D eigenvalue weighted by atomic mass is 10.1. The van der Waals surface area contributed by atoms with Gasteiger partial charge >= 0.3 is 0 Å². The average molecular weight is 310 g/mol. The van der Waals surface area contributed by atoms with E-state index >= 15 is 0 Å². The number of nitrogens with one attached hydrogen (secondary N) is 1. The Labute approximate surface area is 114 Å². The number of anilines is 1. The summed E-state index contributed by atoms with van der Waals surface area (Å²) in [5.41, 5.74) is 0.951. The summed E-state index contributed by atoms with van der Waals surface area (Å²) in [6.07, 6.45) is 4.09. The van der Waals surface area contributed by atoms with Gasteiger partial charge in [0.05, 0.1) is 4.47 Å². The summed E-state index contributed by atoms with van der Waals surface area (Å²) in [6, 6.07) is 6.74. The number of nitrogens with zero attached hydrogens (tertiary/aromatic N) is 2. The zero-order valence-corrected chi connectivity index (χ0v) is 11.5. The molecule has 0 saturated carbocycles. The van der Waals surface area contributed by atoms with Crippen LogP contribution in [0, 0.1) is 5.82 Å². The first-order valence-electron chi connectivity index (χ1n) is 5.62. The molecule has 0 spiro atoms. The number of aromatic nitrogens is 2. The monoisotopic (exact) mass is 309 g/mol. The van der Waals surface area contributed by atoms with Gasteiger partial charge in [0.15, 0.2) is 0 Å². The van der Waals surface area contributed by atoms with Crippen molar-refractivity contribution in [3.63, 3.8) is 0 Å². The van der Waals surface area contributed by atoms with E-state index in [9.17, 15) is 4.39 Å². The molecule has 0 aliphatic carbocycles. The number of hydrogen-bond donors (Lipinski definition) is 1. The molecule has 0 amide bonds. The van der Waals surface area contributed by atoms with E-state index in [4.69, 9.17) is 0 Å². The van der Waals surface area contributed by atoms with E-state index in [0.717, 1.165) is 16.5 Å². The fourth-order valence-electron chi connectivity index (χ4n) is 1.68. The first-order chi connectivity index (χ1) is 8.63. The first kappa shape index (κ1) is 13.0. The zero-order valence-electron chi connectivity index (χ0n) is 9.90. The molecule has 2 rings (SSSR count). The smallest absolute Gasteiger partial charge is 0.222 e. The minimum absolute atomic E-state index is 0.132. The van der Waals surface area contributed by atoms with Crippen molar-refractivity contribution in [3.05, 3.63) is 52.5 Å². The maximum Gasteiger partial charge on any atom is 0.222 e. The third-order valence-corrected chi connectivity index (χ3v) is 2.84. The molecular weight excluding hydrogens is 297 g/mol. The van der Waals surface area contributed by atoms with Crippen molar-refractivity contribution in [3.8, 4) is 0 Å². The summed E-state index contributed by atoms with van der Waals surface area (Å²) in [6.45, 7) is 2.01. The van der Waals surface area contributed by atoms with Crippen LogP contribution in [0.2, 0.25) is 0 Å². The highest BCUT2D eigenvalue weighted by Gasteiger charge is 2.06. The number of hydrogen-bond acceptors (Lipinski definition) is 3. The van der Waals surface area contributed by atoms with Gasteiger partial charge in [-0.1, -0.05) is 12.1 Å². The van der Waals surface area contributed by atoms with Gasteiger partial charge in [-0.2, -0.15) is 0 Å². The van der Waals surface area contributed by atoms with Crippen molar-refractivity contribution in [1.82, 2.24) is 9.97 Å². The second kappa shape index (κ2) is 5.91. The fraction of sp³-hybridized carbons (Fsp3) is 0.231. The molecule has 0 bridgehead atoms. The molecule has 2 aromatic rings. The minimum Gasteiger partial charge on any atom is -0.351 e. The molecule has 1 atom stereocenters. The zero-order chi connectivity index (χ0) is 13.0. The molecular formula is C13H13BrFN3. The van der Waals surface area contributed by atoms with Gasteiger partial charge in [-0.3, -0.25) is 0 Å². The Balaban J connectivity index is 1.96. The Morgan fingerprint density at radius 3 is 2.72 bits per heavy atom. The van der Waals surface area contributed by atoms with Crippen LogP contribution < -0.4 is 5.32 Å². The predicted molar refractivity (Wildman–Crippen MR) is 72.9 cm³/mol. The SMILES string of the molecule is CC(Cc1cccc(F)c1)Nc1ncc(Br)cn1. The van der Waals surface area contributed by atoms with Gasteiger partial charge < -0.3 is 5.32 Å². The van der Waals surface area contributed by atoms with E-state index in [1.165, 1.54) is 6.07 Å². The van der Waals surface area contributed by atoms with Crippen molar-refractivity contribution in [2.75, 3.05) is 5.32 Å². The normalized spacial score (nSPS) is 12.2.